The number of rotatable bonds is 6. The highest BCUT2D eigenvalue weighted by atomic mass is 32.1. The Kier molecular flexibility index (Phi) is 7.39. The Morgan fingerprint density at radius 1 is 0.364 bits per heavy atom. The van der Waals surface area contributed by atoms with Crippen LogP contribution in [0.2, 0.25) is 0 Å². The minimum Gasteiger partial charge on any atom is -0.456 e. The largest absolute Gasteiger partial charge is 0.456 e. The summed E-state index contributed by atoms with van der Waals surface area (Å²) in [4.78, 5) is 2.47. The van der Waals surface area contributed by atoms with Crippen molar-refractivity contribution in [3.05, 3.63) is 200 Å². The van der Waals surface area contributed by atoms with Crippen LogP contribution in [0.3, 0.4) is 0 Å². The molecule has 0 saturated heterocycles. The van der Waals surface area contributed by atoms with Crippen molar-refractivity contribution in [3.63, 3.8) is 0 Å². The average molecular weight is 720 g/mol. The molecule has 0 bridgehead atoms. The van der Waals surface area contributed by atoms with Crippen LogP contribution in [0.4, 0.5) is 17.1 Å². The molecule has 0 aliphatic heterocycles. The standard InChI is InChI=1S/C52H33NOS/c1-2-14-35(15-3-1)40-30-28-36(39-22-12-17-34-16-4-5-18-38(34)39)32-48(40)53(37-29-31-50-46(33-37)42-20-7-10-26-49(42)54-50)47-25-9-6-19-41(47)44-23-13-24-45-43-21-8-11-27-51(43)55-52(44)45/h1-33H. The first-order valence-electron chi connectivity index (χ1n) is 18.7. The van der Waals surface area contributed by atoms with Gasteiger partial charge in [-0.15, -0.1) is 11.3 Å². The Balaban J connectivity index is 1.23. The Bertz CT molecular complexity index is 3220. The molecule has 0 aliphatic carbocycles. The van der Waals surface area contributed by atoms with E-state index >= 15 is 0 Å². The summed E-state index contributed by atoms with van der Waals surface area (Å²) in [6, 6.07) is 72.4. The van der Waals surface area contributed by atoms with Crippen molar-refractivity contribution in [2.24, 2.45) is 0 Å². The maximum absolute atomic E-state index is 6.36. The fourth-order valence-electron chi connectivity index (χ4n) is 8.34. The van der Waals surface area contributed by atoms with Crippen LogP contribution in [0.5, 0.6) is 0 Å². The molecule has 0 atom stereocenters. The van der Waals surface area contributed by atoms with Crippen molar-refractivity contribution in [1.82, 2.24) is 0 Å². The van der Waals surface area contributed by atoms with Crippen LogP contribution in [-0.2, 0) is 0 Å². The van der Waals surface area contributed by atoms with Gasteiger partial charge in [0.2, 0.25) is 0 Å². The number of furan rings is 1. The summed E-state index contributed by atoms with van der Waals surface area (Å²) in [5.74, 6) is 0. The number of hydrogen-bond acceptors (Lipinski definition) is 3. The second-order valence-corrected chi connectivity index (χ2v) is 15.1. The third-order valence-corrected chi connectivity index (χ3v) is 12.1. The highest BCUT2D eigenvalue weighted by molar-refractivity contribution is 7.26. The molecular weight excluding hydrogens is 687 g/mol. The molecule has 2 nitrogen and oxygen atoms in total. The fourth-order valence-corrected chi connectivity index (χ4v) is 9.57. The lowest BCUT2D eigenvalue weighted by Gasteiger charge is -2.30. The third kappa shape index (κ3) is 5.24. The van der Waals surface area contributed by atoms with Crippen LogP contribution in [0.1, 0.15) is 0 Å². The second-order valence-electron chi connectivity index (χ2n) is 14.0. The van der Waals surface area contributed by atoms with Gasteiger partial charge in [0.1, 0.15) is 11.2 Å². The predicted octanol–water partition coefficient (Wildman–Crippen LogP) is 15.6. The first-order valence-corrected chi connectivity index (χ1v) is 19.5. The number of fused-ring (bicyclic) bond motifs is 7. The monoisotopic (exact) mass is 719 g/mol. The number of anilines is 3. The molecule has 11 rings (SSSR count). The molecule has 9 aromatic carbocycles. The van der Waals surface area contributed by atoms with Gasteiger partial charge in [-0.2, -0.15) is 0 Å². The van der Waals surface area contributed by atoms with Crippen LogP contribution < -0.4 is 4.90 Å². The van der Waals surface area contributed by atoms with Crippen LogP contribution >= 0.6 is 11.3 Å². The average Bonchev–Trinajstić information content (AvgIpc) is 3.83. The van der Waals surface area contributed by atoms with E-state index in [9.17, 15) is 0 Å². The van der Waals surface area contributed by atoms with Crippen molar-refractivity contribution in [2.75, 3.05) is 4.90 Å². The highest BCUT2D eigenvalue weighted by Crippen LogP contribution is 2.49. The molecule has 0 N–H and O–H groups in total. The van der Waals surface area contributed by atoms with Crippen molar-refractivity contribution >= 4 is 81.3 Å². The predicted molar refractivity (Wildman–Crippen MR) is 235 cm³/mol. The van der Waals surface area contributed by atoms with Gasteiger partial charge in [0, 0.05) is 53.3 Å². The number of thiophene rings is 1. The van der Waals surface area contributed by atoms with Crippen molar-refractivity contribution < 1.29 is 4.42 Å². The molecular formula is C52H33NOS. The molecule has 0 unspecified atom stereocenters. The zero-order valence-corrected chi connectivity index (χ0v) is 30.6. The van der Waals surface area contributed by atoms with Crippen LogP contribution in [0.15, 0.2) is 205 Å². The van der Waals surface area contributed by atoms with Gasteiger partial charge in [0.15, 0.2) is 0 Å². The normalized spacial score (nSPS) is 11.6. The number of benzene rings is 9. The lowest BCUT2D eigenvalue weighted by molar-refractivity contribution is 0.669. The molecule has 0 fully saturated rings. The van der Waals surface area contributed by atoms with E-state index in [1.54, 1.807) is 0 Å². The van der Waals surface area contributed by atoms with Crippen LogP contribution in [0, 0.1) is 0 Å². The SMILES string of the molecule is c1ccc(-c2ccc(-c3cccc4ccccc34)cc2N(c2ccc3oc4ccccc4c3c2)c2ccccc2-c2cccc3c2sc2ccccc23)cc1. The summed E-state index contributed by atoms with van der Waals surface area (Å²) in [5.41, 5.74) is 12.1. The lowest BCUT2D eigenvalue weighted by Crippen LogP contribution is -2.12. The third-order valence-electron chi connectivity index (χ3n) is 10.9. The van der Waals surface area contributed by atoms with Gasteiger partial charge in [-0.1, -0.05) is 158 Å². The van der Waals surface area contributed by atoms with Crippen molar-refractivity contribution in [1.29, 1.82) is 0 Å². The number of hydrogen-bond donors (Lipinski definition) is 0. The lowest BCUT2D eigenvalue weighted by atomic mass is 9.93. The maximum atomic E-state index is 6.36. The number of nitrogens with zero attached hydrogens (tertiary/aromatic N) is 1. The van der Waals surface area contributed by atoms with Gasteiger partial charge in [-0.05, 0) is 69.9 Å². The van der Waals surface area contributed by atoms with E-state index in [2.05, 4.69) is 199 Å². The summed E-state index contributed by atoms with van der Waals surface area (Å²) in [6.07, 6.45) is 0. The van der Waals surface area contributed by atoms with Crippen LogP contribution in [0.25, 0.3) is 86.3 Å². The molecule has 3 heteroatoms. The molecule has 2 heterocycles. The zero-order valence-electron chi connectivity index (χ0n) is 29.8. The Morgan fingerprint density at radius 2 is 1.04 bits per heavy atom. The number of para-hydroxylation sites is 2. The fraction of sp³-hybridized carbons (Fsp3) is 0. The van der Waals surface area contributed by atoms with Crippen molar-refractivity contribution in [3.8, 4) is 33.4 Å². The molecule has 0 aliphatic rings. The summed E-state index contributed by atoms with van der Waals surface area (Å²) >= 11 is 1.87. The molecule has 2 aromatic heterocycles. The molecule has 0 radical (unpaired) electrons. The van der Waals surface area contributed by atoms with E-state index in [1.165, 1.54) is 47.6 Å². The van der Waals surface area contributed by atoms with E-state index in [-0.39, 0.29) is 0 Å². The smallest absolute Gasteiger partial charge is 0.135 e. The second kappa shape index (κ2) is 12.9. The minimum absolute atomic E-state index is 0.876. The molecule has 11 aromatic rings. The highest BCUT2D eigenvalue weighted by Gasteiger charge is 2.24. The molecule has 0 spiro atoms. The van der Waals surface area contributed by atoms with Gasteiger partial charge in [0.05, 0.1) is 11.4 Å². The Labute approximate surface area is 322 Å². The zero-order chi connectivity index (χ0) is 36.3. The molecule has 0 saturated carbocycles. The van der Waals surface area contributed by atoms with E-state index in [0.29, 0.717) is 0 Å². The van der Waals surface area contributed by atoms with Gasteiger partial charge < -0.3 is 9.32 Å². The maximum Gasteiger partial charge on any atom is 0.135 e. The quantitative estimate of drug-likeness (QED) is 0.170. The summed E-state index contributed by atoms with van der Waals surface area (Å²) in [7, 11) is 0. The Hall–Kier alpha value is -6.94. The topological polar surface area (TPSA) is 16.4 Å². The van der Waals surface area contributed by atoms with Gasteiger partial charge >= 0.3 is 0 Å². The van der Waals surface area contributed by atoms with Crippen LogP contribution in [-0.4, -0.2) is 0 Å². The summed E-state index contributed by atoms with van der Waals surface area (Å²) < 4.78 is 8.95. The van der Waals surface area contributed by atoms with Gasteiger partial charge in [0.25, 0.3) is 0 Å². The molecule has 0 amide bonds. The van der Waals surface area contributed by atoms with E-state index in [4.69, 9.17) is 4.42 Å². The van der Waals surface area contributed by atoms with Crippen molar-refractivity contribution in [2.45, 2.75) is 0 Å². The van der Waals surface area contributed by atoms with Gasteiger partial charge in [-0.3, -0.25) is 0 Å². The first kappa shape index (κ1) is 31.6. The molecule has 258 valence electrons. The minimum atomic E-state index is 0.876. The van der Waals surface area contributed by atoms with E-state index in [1.807, 2.05) is 17.4 Å². The summed E-state index contributed by atoms with van der Waals surface area (Å²) in [6.45, 7) is 0. The molecule has 55 heavy (non-hydrogen) atoms. The summed E-state index contributed by atoms with van der Waals surface area (Å²) in [5, 5.41) is 7.24. The van der Waals surface area contributed by atoms with Gasteiger partial charge in [-0.25, -0.2) is 0 Å². The Morgan fingerprint density at radius 3 is 1.96 bits per heavy atom. The first-order chi connectivity index (χ1) is 27.3. The van der Waals surface area contributed by atoms with E-state index in [0.717, 1.165) is 55.7 Å². The van der Waals surface area contributed by atoms with E-state index < -0.39 is 0 Å².